The summed E-state index contributed by atoms with van der Waals surface area (Å²) in [6.45, 7) is 6.42. The molecule has 0 unspecified atom stereocenters. The van der Waals surface area contributed by atoms with Gasteiger partial charge in [-0.15, -0.1) is 0 Å². The molecule has 0 radical (unpaired) electrons. The molecule has 126 valence electrons. The van der Waals surface area contributed by atoms with Crippen LogP contribution in [0.15, 0.2) is 23.3 Å². The number of nitrogens with one attached hydrogen (secondary N) is 2. The number of carbonyl (C=O) groups excluding carboxylic acids is 1. The quantitative estimate of drug-likeness (QED) is 0.445. The zero-order valence-corrected chi connectivity index (χ0v) is 13.9. The molecule has 0 saturated carbocycles. The highest BCUT2D eigenvalue weighted by atomic mass is 16.6. The van der Waals surface area contributed by atoms with Crippen LogP contribution in [0.1, 0.15) is 31.9 Å². The van der Waals surface area contributed by atoms with Gasteiger partial charge in [0.2, 0.25) is 5.71 Å². The molecule has 0 atom stereocenters. The van der Waals surface area contributed by atoms with E-state index >= 15 is 0 Å². The molecular weight excluding hydrogens is 308 g/mol. The minimum atomic E-state index is -0.534. The number of amides is 1. The molecule has 0 fully saturated rings. The van der Waals surface area contributed by atoms with E-state index < -0.39 is 11.4 Å². The Kier molecular flexibility index (Phi) is 4.74. The van der Waals surface area contributed by atoms with Gasteiger partial charge >= 0.3 is 6.09 Å². The molecular formula is C16H20N6O2. The van der Waals surface area contributed by atoms with E-state index in [4.69, 9.17) is 21.1 Å². The van der Waals surface area contributed by atoms with Crippen LogP contribution in [0.25, 0.3) is 0 Å². The highest BCUT2D eigenvalue weighted by Gasteiger charge is 2.27. The lowest BCUT2D eigenvalue weighted by atomic mass is 10.1. The van der Waals surface area contributed by atoms with Gasteiger partial charge in [-0.05, 0) is 44.0 Å². The second-order valence-electron chi connectivity index (χ2n) is 6.42. The van der Waals surface area contributed by atoms with Gasteiger partial charge in [0, 0.05) is 13.1 Å². The summed E-state index contributed by atoms with van der Waals surface area (Å²) in [5.74, 6) is -0.401. The average molecular weight is 328 g/mol. The summed E-state index contributed by atoms with van der Waals surface area (Å²) in [4.78, 5) is 13.8. The number of nitrogens with zero attached hydrogens (tertiary/aromatic N) is 3. The number of amidine groups is 1. The topological polar surface area (TPSA) is 128 Å². The molecule has 1 aliphatic heterocycles. The Morgan fingerprint density at radius 1 is 1.42 bits per heavy atom. The maximum atomic E-state index is 12.1. The van der Waals surface area contributed by atoms with Crippen molar-refractivity contribution in [2.75, 3.05) is 5.43 Å². The van der Waals surface area contributed by atoms with Crippen LogP contribution in [0.2, 0.25) is 0 Å². The molecule has 1 amide bonds. The Morgan fingerprint density at radius 3 is 2.67 bits per heavy atom. The molecule has 8 heteroatoms. The number of fused-ring (bicyclic) bond motifs is 1. The first kappa shape index (κ1) is 17.3. The molecule has 1 aromatic carbocycles. The molecule has 0 spiro atoms. The monoisotopic (exact) mass is 328 g/mol. The Morgan fingerprint density at radius 2 is 2.08 bits per heavy atom. The number of ether oxygens (including phenoxy) is 1. The van der Waals surface area contributed by atoms with Crippen LogP contribution in [0.4, 0.5) is 10.5 Å². The molecule has 1 aliphatic rings. The van der Waals surface area contributed by atoms with Gasteiger partial charge in [-0.3, -0.25) is 15.7 Å². The number of hydrogen-bond acceptors (Lipinski definition) is 6. The third-order valence-electron chi connectivity index (χ3n) is 3.24. The summed E-state index contributed by atoms with van der Waals surface area (Å²) in [5.41, 5.74) is 9.86. The van der Waals surface area contributed by atoms with Gasteiger partial charge in [0.25, 0.3) is 0 Å². The normalized spacial score (nSPS) is 13.9. The van der Waals surface area contributed by atoms with Crippen LogP contribution in [0.5, 0.6) is 0 Å². The number of nitrogens with two attached hydrogens (primary N) is 1. The minimum absolute atomic E-state index is 0.189. The number of carbonyl (C=O) groups is 1. The van der Waals surface area contributed by atoms with E-state index in [0.29, 0.717) is 18.8 Å². The third kappa shape index (κ3) is 4.23. The molecule has 24 heavy (non-hydrogen) atoms. The highest BCUT2D eigenvalue weighted by Crippen LogP contribution is 2.27. The Hall–Kier alpha value is -3.08. The number of rotatable bonds is 3. The van der Waals surface area contributed by atoms with Crippen LogP contribution >= 0.6 is 0 Å². The highest BCUT2D eigenvalue weighted by molar-refractivity contribution is 6.45. The molecule has 4 N–H and O–H groups in total. The smallest absolute Gasteiger partial charge is 0.410 e. The van der Waals surface area contributed by atoms with Crippen LogP contribution < -0.4 is 11.2 Å². The fourth-order valence-corrected chi connectivity index (χ4v) is 2.19. The third-order valence-corrected chi connectivity index (χ3v) is 3.24. The Bertz CT molecular complexity index is 742. The lowest BCUT2D eigenvalue weighted by molar-refractivity contribution is 0.0242. The van der Waals surface area contributed by atoms with Crippen molar-refractivity contribution in [1.82, 2.24) is 4.90 Å². The van der Waals surface area contributed by atoms with Crippen molar-refractivity contribution in [3.05, 3.63) is 29.3 Å². The second kappa shape index (κ2) is 6.58. The molecule has 0 bridgehead atoms. The molecule has 0 aliphatic carbocycles. The van der Waals surface area contributed by atoms with Crippen LogP contribution in [0.3, 0.4) is 0 Å². The summed E-state index contributed by atoms with van der Waals surface area (Å²) in [6, 6.07) is 7.26. The molecule has 0 saturated heterocycles. The standard InChI is InChI=1S/C16H20N6O2/c1-16(2,3)24-15(23)22-8-10-4-5-12(6-11(10)9-22)20-21-13(7-17)14(18)19/h4-6,20H,8-9H2,1-3H3,(H3,18,19)/b21-13+. The summed E-state index contributed by atoms with van der Waals surface area (Å²) in [5, 5.41) is 19.8. The van der Waals surface area contributed by atoms with Gasteiger partial charge in [-0.2, -0.15) is 10.4 Å². The van der Waals surface area contributed by atoms with Gasteiger partial charge in [-0.25, -0.2) is 4.79 Å². The Balaban J connectivity index is 2.08. The van der Waals surface area contributed by atoms with Crippen LogP contribution in [0, 0.1) is 16.7 Å². The second-order valence-corrected chi connectivity index (χ2v) is 6.42. The summed E-state index contributed by atoms with van der Waals surface area (Å²) in [7, 11) is 0. The van der Waals surface area contributed by atoms with Crippen molar-refractivity contribution in [2.45, 2.75) is 39.5 Å². The van der Waals surface area contributed by atoms with Crippen LogP contribution in [-0.2, 0) is 17.8 Å². The largest absolute Gasteiger partial charge is 0.444 e. The first-order valence-corrected chi connectivity index (χ1v) is 7.37. The number of hydrazone groups is 1. The minimum Gasteiger partial charge on any atom is -0.444 e. The van der Waals surface area contributed by atoms with E-state index in [9.17, 15) is 4.79 Å². The zero-order chi connectivity index (χ0) is 17.9. The number of benzene rings is 1. The lowest BCUT2D eigenvalue weighted by Gasteiger charge is -2.24. The summed E-state index contributed by atoms with van der Waals surface area (Å²) < 4.78 is 5.38. The number of hydrogen-bond donors (Lipinski definition) is 3. The van der Waals surface area contributed by atoms with Crippen LogP contribution in [-0.4, -0.2) is 28.1 Å². The van der Waals surface area contributed by atoms with Crippen molar-refractivity contribution >= 4 is 23.3 Å². The molecule has 1 aromatic rings. The van der Waals surface area contributed by atoms with Crippen molar-refractivity contribution in [3.8, 4) is 6.07 Å². The van der Waals surface area contributed by atoms with E-state index in [1.54, 1.807) is 17.0 Å². The van der Waals surface area contributed by atoms with Gasteiger partial charge in [0.1, 0.15) is 11.7 Å². The van der Waals surface area contributed by atoms with E-state index in [0.717, 1.165) is 11.1 Å². The summed E-state index contributed by atoms with van der Waals surface area (Å²) in [6.07, 6.45) is -0.352. The van der Waals surface area contributed by atoms with E-state index in [2.05, 4.69) is 10.5 Å². The van der Waals surface area contributed by atoms with Gasteiger partial charge < -0.3 is 10.5 Å². The SMILES string of the molecule is CC(C)(C)OC(=O)N1Cc2ccc(N/N=C(\C#N)C(=N)N)cc2C1. The Labute approximate surface area is 140 Å². The predicted octanol–water partition coefficient (Wildman–Crippen LogP) is 2.16. The fourth-order valence-electron chi connectivity index (χ4n) is 2.19. The lowest BCUT2D eigenvalue weighted by Crippen LogP contribution is -2.33. The molecule has 0 aromatic heterocycles. The van der Waals surface area contributed by atoms with E-state index in [1.165, 1.54) is 0 Å². The zero-order valence-electron chi connectivity index (χ0n) is 13.9. The maximum Gasteiger partial charge on any atom is 0.410 e. The van der Waals surface area contributed by atoms with Gasteiger partial charge in [0.05, 0.1) is 5.69 Å². The van der Waals surface area contributed by atoms with Crippen molar-refractivity contribution in [1.29, 1.82) is 10.7 Å². The number of nitriles is 1. The summed E-state index contributed by atoms with van der Waals surface area (Å²) >= 11 is 0. The molecule has 8 nitrogen and oxygen atoms in total. The first-order valence-electron chi connectivity index (χ1n) is 7.37. The first-order chi connectivity index (χ1) is 11.2. The van der Waals surface area contributed by atoms with E-state index in [1.807, 2.05) is 32.9 Å². The van der Waals surface area contributed by atoms with Crippen molar-refractivity contribution < 1.29 is 9.53 Å². The molecule has 1 heterocycles. The van der Waals surface area contributed by atoms with Crippen molar-refractivity contribution in [2.24, 2.45) is 10.8 Å². The van der Waals surface area contributed by atoms with Gasteiger partial charge in [-0.1, -0.05) is 6.07 Å². The average Bonchev–Trinajstić information content (AvgIpc) is 2.89. The van der Waals surface area contributed by atoms with E-state index in [-0.39, 0.29) is 11.8 Å². The fraction of sp³-hybridized carbons (Fsp3) is 0.375. The van der Waals surface area contributed by atoms with Crippen molar-refractivity contribution in [3.63, 3.8) is 0 Å². The predicted molar refractivity (Wildman–Crippen MR) is 90.5 cm³/mol. The number of anilines is 1. The maximum absolute atomic E-state index is 12.1. The molecule has 2 rings (SSSR count). The van der Waals surface area contributed by atoms with Gasteiger partial charge in [0.15, 0.2) is 5.84 Å².